The van der Waals surface area contributed by atoms with Crippen molar-refractivity contribution in [3.05, 3.63) is 57.3 Å². The minimum Gasteiger partial charge on any atom is -0.347 e. The second-order valence-corrected chi connectivity index (χ2v) is 6.41. The predicted molar refractivity (Wildman–Crippen MR) is 87.8 cm³/mol. The van der Waals surface area contributed by atoms with Gasteiger partial charge in [0.05, 0.1) is 5.69 Å². The number of aryl methyl sites for hydroxylation is 1. The van der Waals surface area contributed by atoms with Gasteiger partial charge < -0.3 is 5.32 Å². The van der Waals surface area contributed by atoms with Gasteiger partial charge in [0, 0.05) is 22.6 Å². The van der Waals surface area contributed by atoms with Gasteiger partial charge in [-0.05, 0) is 24.1 Å². The molecule has 4 nitrogen and oxygen atoms in total. The van der Waals surface area contributed by atoms with Crippen molar-refractivity contribution in [3.63, 3.8) is 0 Å². The van der Waals surface area contributed by atoms with Crippen molar-refractivity contribution in [2.75, 3.05) is 0 Å². The Morgan fingerprint density at radius 1 is 1.38 bits per heavy atom. The SMILES string of the molecule is CCc1nc2sccn2c1C(=O)NCc1ccc(Br)cc1. The van der Waals surface area contributed by atoms with E-state index in [9.17, 15) is 4.79 Å². The Morgan fingerprint density at radius 3 is 2.86 bits per heavy atom. The van der Waals surface area contributed by atoms with Crippen LogP contribution in [0, 0.1) is 0 Å². The molecular formula is C15H14BrN3OS. The molecule has 21 heavy (non-hydrogen) atoms. The van der Waals surface area contributed by atoms with E-state index in [1.54, 1.807) is 0 Å². The molecule has 2 aromatic heterocycles. The number of carbonyl (C=O) groups is 1. The van der Waals surface area contributed by atoms with Crippen LogP contribution in [-0.4, -0.2) is 15.3 Å². The van der Waals surface area contributed by atoms with Gasteiger partial charge in [-0.1, -0.05) is 35.0 Å². The monoisotopic (exact) mass is 363 g/mol. The molecule has 0 fully saturated rings. The third-order valence-corrected chi connectivity index (χ3v) is 4.54. The van der Waals surface area contributed by atoms with Crippen LogP contribution >= 0.6 is 27.3 Å². The molecule has 1 N–H and O–H groups in total. The first-order chi connectivity index (χ1) is 10.2. The quantitative estimate of drug-likeness (QED) is 0.768. The smallest absolute Gasteiger partial charge is 0.270 e. The molecule has 0 bridgehead atoms. The molecule has 0 atom stereocenters. The largest absolute Gasteiger partial charge is 0.347 e. The van der Waals surface area contributed by atoms with Crippen molar-refractivity contribution >= 4 is 38.1 Å². The van der Waals surface area contributed by atoms with E-state index in [1.165, 1.54) is 11.3 Å². The lowest BCUT2D eigenvalue weighted by molar-refractivity contribution is 0.0944. The first-order valence-electron chi connectivity index (χ1n) is 6.66. The summed E-state index contributed by atoms with van der Waals surface area (Å²) in [5, 5.41) is 4.90. The molecule has 3 aromatic rings. The highest BCUT2D eigenvalue weighted by Gasteiger charge is 2.18. The second kappa shape index (κ2) is 5.99. The van der Waals surface area contributed by atoms with Crippen LogP contribution in [0.3, 0.4) is 0 Å². The molecule has 0 aliphatic heterocycles. The Morgan fingerprint density at radius 2 is 2.14 bits per heavy atom. The number of hydrogen-bond acceptors (Lipinski definition) is 3. The lowest BCUT2D eigenvalue weighted by Gasteiger charge is -2.06. The zero-order valence-electron chi connectivity index (χ0n) is 11.5. The number of benzene rings is 1. The van der Waals surface area contributed by atoms with Gasteiger partial charge in [0.25, 0.3) is 5.91 Å². The van der Waals surface area contributed by atoms with E-state index in [0.717, 1.165) is 27.1 Å². The first kappa shape index (κ1) is 14.3. The van der Waals surface area contributed by atoms with E-state index in [0.29, 0.717) is 12.2 Å². The average molecular weight is 364 g/mol. The molecule has 0 saturated heterocycles. The fourth-order valence-electron chi connectivity index (χ4n) is 2.19. The molecule has 108 valence electrons. The maximum absolute atomic E-state index is 12.5. The van der Waals surface area contributed by atoms with Crippen molar-refractivity contribution in [1.82, 2.24) is 14.7 Å². The van der Waals surface area contributed by atoms with Gasteiger partial charge in [-0.25, -0.2) is 4.98 Å². The maximum atomic E-state index is 12.5. The Kier molecular flexibility index (Phi) is 4.07. The topological polar surface area (TPSA) is 46.4 Å². The van der Waals surface area contributed by atoms with E-state index in [1.807, 2.05) is 47.2 Å². The third kappa shape index (κ3) is 2.87. The number of nitrogens with zero attached hydrogens (tertiary/aromatic N) is 2. The molecule has 0 aliphatic rings. The number of carbonyl (C=O) groups excluding carboxylic acids is 1. The number of thiazole rings is 1. The van der Waals surface area contributed by atoms with Gasteiger partial charge >= 0.3 is 0 Å². The zero-order valence-corrected chi connectivity index (χ0v) is 13.9. The van der Waals surface area contributed by atoms with Crippen LogP contribution in [0.5, 0.6) is 0 Å². The Balaban J connectivity index is 1.80. The van der Waals surface area contributed by atoms with E-state index in [-0.39, 0.29) is 5.91 Å². The van der Waals surface area contributed by atoms with Gasteiger partial charge in [-0.2, -0.15) is 0 Å². The Labute approximate surface area is 135 Å². The fraction of sp³-hybridized carbons (Fsp3) is 0.200. The number of imidazole rings is 1. The van der Waals surface area contributed by atoms with E-state index in [4.69, 9.17) is 0 Å². The number of halogens is 1. The summed E-state index contributed by atoms with van der Waals surface area (Å²) in [6, 6.07) is 7.91. The summed E-state index contributed by atoms with van der Waals surface area (Å²) in [6.07, 6.45) is 2.64. The minimum atomic E-state index is -0.0827. The van der Waals surface area contributed by atoms with Crippen LogP contribution in [0.15, 0.2) is 40.3 Å². The van der Waals surface area contributed by atoms with Gasteiger partial charge in [0.1, 0.15) is 5.69 Å². The van der Waals surface area contributed by atoms with Gasteiger partial charge in [0.15, 0.2) is 4.96 Å². The fourth-order valence-corrected chi connectivity index (χ4v) is 3.18. The summed E-state index contributed by atoms with van der Waals surface area (Å²) in [6.45, 7) is 2.52. The van der Waals surface area contributed by atoms with Gasteiger partial charge in [-0.3, -0.25) is 9.20 Å². The number of rotatable bonds is 4. The van der Waals surface area contributed by atoms with Crippen LogP contribution < -0.4 is 5.32 Å². The van der Waals surface area contributed by atoms with Crippen LogP contribution in [0.4, 0.5) is 0 Å². The molecule has 0 spiro atoms. The molecule has 1 aromatic carbocycles. The number of nitrogens with one attached hydrogen (secondary N) is 1. The standard InChI is InChI=1S/C15H14BrN3OS/c1-2-12-13(19-7-8-21-15(19)18-12)14(20)17-9-10-3-5-11(16)6-4-10/h3-8H,2,9H2,1H3,(H,17,20). The van der Waals surface area contributed by atoms with Crippen LogP contribution in [0.1, 0.15) is 28.7 Å². The average Bonchev–Trinajstić information content (AvgIpc) is 3.06. The molecule has 0 aliphatic carbocycles. The molecule has 3 rings (SSSR count). The highest BCUT2D eigenvalue weighted by atomic mass is 79.9. The predicted octanol–water partition coefficient (Wildman–Crippen LogP) is 3.65. The number of fused-ring (bicyclic) bond motifs is 1. The van der Waals surface area contributed by atoms with E-state index in [2.05, 4.69) is 26.2 Å². The minimum absolute atomic E-state index is 0.0827. The summed E-state index contributed by atoms with van der Waals surface area (Å²) < 4.78 is 2.89. The second-order valence-electron chi connectivity index (χ2n) is 4.63. The van der Waals surface area contributed by atoms with Crippen molar-refractivity contribution in [2.24, 2.45) is 0 Å². The zero-order chi connectivity index (χ0) is 14.8. The Hall–Kier alpha value is -1.66. The normalized spacial score (nSPS) is 11.0. The van der Waals surface area contributed by atoms with E-state index >= 15 is 0 Å². The van der Waals surface area contributed by atoms with Crippen LogP contribution in [0.2, 0.25) is 0 Å². The van der Waals surface area contributed by atoms with Crippen molar-refractivity contribution < 1.29 is 4.79 Å². The molecular weight excluding hydrogens is 350 g/mol. The number of amides is 1. The summed E-state index contributed by atoms with van der Waals surface area (Å²) in [5.41, 5.74) is 2.55. The molecule has 2 heterocycles. The number of hydrogen-bond donors (Lipinski definition) is 1. The van der Waals surface area contributed by atoms with Crippen LogP contribution in [-0.2, 0) is 13.0 Å². The highest BCUT2D eigenvalue weighted by Crippen LogP contribution is 2.18. The first-order valence-corrected chi connectivity index (χ1v) is 8.33. The van der Waals surface area contributed by atoms with Crippen molar-refractivity contribution in [1.29, 1.82) is 0 Å². The molecule has 6 heteroatoms. The Bertz CT molecular complexity index is 776. The molecule has 0 radical (unpaired) electrons. The van der Waals surface area contributed by atoms with Crippen LogP contribution in [0.25, 0.3) is 4.96 Å². The lowest BCUT2D eigenvalue weighted by Crippen LogP contribution is -2.25. The van der Waals surface area contributed by atoms with Gasteiger partial charge in [0.2, 0.25) is 0 Å². The van der Waals surface area contributed by atoms with Crippen molar-refractivity contribution in [2.45, 2.75) is 19.9 Å². The summed E-state index contributed by atoms with van der Waals surface area (Å²) in [5.74, 6) is -0.0827. The summed E-state index contributed by atoms with van der Waals surface area (Å²) >= 11 is 4.94. The van der Waals surface area contributed by atoms with Crippen molar-refractivity contribution in [3.8, 4) is 0 Å². The van der Waals surface area contributed by atoms with Gasteiger partial charge in [-0.15, -0.1) is 11.3 Å². The molecule has 1 amide bonds. The number of aromatic nitrogens is 2. The van der Waals surface area contributed by atoms with E-state index < -0.39 is 0 Å². The maximum Gasteiger partial charge on any atom is 0.270 e. The third-order valence-electron chi connectivity index (χ3n) is 3.25. The lowest BCUT2D eigenvalue weighted by atomic mass is 10.2. The molecule has 0 unspecified atom stereocenters. The highest BCUT2D eigenvalue weighted by molar-refractivity contribution is 9.10. The summed E-state index contributed by atoms with van der Waals surface area (Å²) in [7, 11) is 0. The summed E-state index contributed by atoms with van der Waals surface area (Å²) in [4.78, 5) is 17.8. The molecule has 0 saturated carbocycles.